The van der Waals surface area contributed by atoms with E-state index in [1.807, 2.05) is 34.1 Å². The SMILES string of the molecule is COc1ccc([C@@H]2SCC(=O)N2[C@H](CC(C)C)C(=O)N2CC[NH+](C)CC2)cc1. The van der Waals surface area contributed by atoms with Crippen LogP contribution in [0.3, 0.4) is 0 Å². The predicted molar refractivity (Wildman–Crippen MR) is 111 cm³/mol. The van der Waals surface area contributed by atoms with Crippen molar-refractivity contribution < 1.29 is 19.2 Å². The van der Waals surface area contributed by atoms with Gasteiger partial charge in [-0.2, -0.15) is 0 Å². The molecule has 3 rings (SSSR count). The number of nitrogens with one attached hydrogen (secondary N) is 1. The van der Waals surface area contributed by atoms with Gasteiger partial charge in [0.05, 0.1) is 46.1 Å². The molecule has 2 aliphatic heterocycles. The number of nitrogens with zero attached hydrogens (tertiary/aromatic N) is 2. The third kappa shape index (κ3) is 4.63. The number of carbonyl (C=O) groups is 2. The zero-order valence-corrected chi connectivity index (χ0v) is 18.1. The molecule has 2 aliphatic rings. The largest absolute Gasteiger partial charge is 0.497 e. The van der Waals surface area contributed by atoms with Crippen LogP contribution in [-0.2, 0) is 9.59 Å². The fraction of sp³-hybridized carbons (Fsp3) is 0.619. The number of hydrogen-bond acceptors (Lipinski definition) is 4. The quantitative estimate of drug-likeness (QED) is 0.767. The van der Waals surface area contributed by atoms with Gasteiger partial charge in [-0.25, -0.2) is 0 Å². The number of quaternary nitrogens is 1. The van der Waals surface area contributed by atoms with Gasteiger partial charge in [0, 0.05) is 0 Å². The normalized spacial score (nSPS) is 22.0. The molecule has 2 fully saturated rings. The molecule has 28 heavy (non-hydrogen) atoms. The number of thioether (sulfide) groups is 1. The summed E-state index contributed by atoms with van der Waals surface area (Å²) in [5.74, 6) is 1.72. The minimum Gasteiger partial charge on any atom is -0.497 e. The molecule has 0 unspecified atom stereocenters. The zero-order valence-electron chi connectivity index (χ0n) is 17.3. The maximum Gasteiger partial charge on any atom is 0.245 e. The molecule has 2 amide bonds. The molecule has 2 atom stereocenters. The van der Waals surface area contributed by atoms with Crippen LogP contribution in [0.5, 0.6) is 5.75 Å². The lowest BCUT2D eigenvalue weighted by atomic mass is 9.99. The molecule has 7 heteroatoms. The van der Waals surface area contributed by atoms with Gasteiger partial charge < -0.3 is 19.4 Å². The minimum atomic E-state index is -0.395. The fourth-order valence-corrected chi connectivity index (χ4v) is 5.12. The van der Waals surface area contributed by atoms with Gasteiger partial charge in [-0.05, 0) is 30.0 Å². The van der Waals surface area contributed by atoms with Gasteiger partial charge in [0.1, 0.15) is 17.2 Å². The lowest BCUT2D eigenvalue weighted by Crippen LogP contribution is -3.12. The molecule has 1 aromatic rings. The van der Waals surface area contributed by atoms with E-state index in [-0.39, 0.29) is 17.2 Å². The summed E-state index contributed by atoms with van der Waals surface area (Å²) in [4.78, 5) is 31.6. The highest BCUT2D eigenvalue weighted by molar-refractivity contribution is 8.00. The number of methoxy groups -OCH3 is 1. The van der Waals surface area contributed by atoms with E-state index in [4.69, 9.17) is 4.74 Å². The summed E-state index contributed by atoms with van der Waals surface area (Å²) in [5.41, 5.74) is 1.04. The number of piperazine rings is 1. The lowest BCUT2D eigenvalue weighted by Gasteiger charge is -2.38. The zero-order chi connectivity index (χ0) is 20.3. The van der Waals surface area contributed by atoms with Crippen molar-refractivity contribution in [1.29, 1.82) is 0 Å². The number of carbonyl (C=O) groups excluding carboxylic acids is 2. The van der Waals surface area contributed by atoms with Crippen LogP contribution in [-0.4, -0.2) is 73.7 Å². The van der Waals surface area contributed by atoms with Crippen molar-refractivity contribution in [3.05, 3.63) is 29.8 Å². The summed E-state index contributed by atoms with van der Waals surface area (Å²) in [6.45, 7) is 7.69. The van der Waals surface area contributed by atoms with Crippen LogP contribution in [0.2, 0.25) is 0 Å². The summed E-state index contributed by atoms with van der Waals surface area (Å²) in [6.07, 6.45) is 0.691. The summed E-state index contributed by atoms with van der Waals surface area (Å²) in [5, 5.41) is -0.121. The molecule has 0 bridgehead atoms. The van der Waals surface area contributed by atoms with E-state index in [2.05, 4.69) is 20.9 Å². The number of likely N-dealkylation sites (N-methyl/N-ethyl adjacent to an activating group) is 1. The Balaban J connectivity index is 1.85. The molecule has 2 saturated heterocycles. The fourth-order valence-electron chi connectivity index (χ4n) is 3.90. The number of benzene rings is 1. The molecular weight excluding hydrogens is 374 g/mol. The van der Waals surface area contributed by atoms with Crippen LogP contribution in [0.1, 0.15) is 31.2 Å². The Morgan fingerprint density at radius 2 is 1.89 bits per heavy atom. The van der Waals surface area contributed by atoms with Crippen molar-refractivity contribution in [2.75, 3.05) is 46.1 Å². The van der Waals surface area contributed by atoms with Crippen molar-refractivity contribution in [2.45, 2.75) is 31.7 Å². The van der Waals surface area contributed by atoms with Crippen molar-refractivity contribution in [1.82, 2.24) is 9.80 Å². The summed E-state index contributed by atoms with van der Waals surface area (Å²) >= 11 is 1.61. The van der Waals surface area contributed by atoms with E-state index in [0.717, 1.165) is 37.5 Å². The first kappa shape index (κ1) is 21.0. The van der Waals surface area contributed by atoms with Crippen LogP contribution in [0, 0.1) is 5.92 Å². The van der Waals surface area contributed by atoms with Crippen LogP contribution >= 0.6 is 11.8 Å². The molecule has 1 N–H and O–H groups in total. The average molecular weight is 407 g/mol. The Morgan fingerprint density at radius 3 is 2.46 bits per heavy atom. The first-order valence-electron chi connectivity index (χ1n) is 10.1. The third-order valence-electron chi connectivity index (χ3n) is 5.55. The summed E-state index contributed by atoms with van der Waals surface area (Å²) in [7, 11) is 3.80. The van der Waals surface area contributed by atoms with E-state index in [1.165, 1.54) is 4.90 Å². The molecule has 0 aromatic heterocycles. The third-order valence-corrected chi connectivity index (χ3v) is 6.78. The van der Waals surface area contributed by atoms with Gasteiger partial charge in [-0.1, -0.05) is 26.0 Å². The molecule has 2 heterocycles. The molecule has 0 aliphatic carbocycles. The first-order valence-corrected chi connectivity index (χ1v) is 11.1. The molecular formula is C21H32N3O3S+. The molecule has 154 valence electrons. The van der Waals surface area contributed by atoms with E-state index in [0.29, 0.717) is 18.1 Å². The van der Waals surface area contributed by atoms with E-state index >= 15 is 0 Å². The molecule has 0 radical (unpaired) electrons. The Morgan fingerprint density at radius 1 is 1.25 bits per heavy atom. The Hall–Kier alpha value is -1.73. The van der Waals surface area contributed by atoms with Gasteiger partial charge in [0.15, 0.2) is 0 Å². The molecule has 6 nitrogen and oxygen atoms in total. The van der Waals surface area contributed by atoms with Crippen LogP contribution in [0.4, 0.5) is 0 Å². The Labute approximate surface area is 172 Å². The van der Waals surface area contributed by atoms with Crippen molar-refractivity contribution in [2.24, 2.45) is 5.92 Å². The highest BCUT2D eigenvalue weighted by Gasteiger charge is 2.42. The Kier molecular flexibility index (Phi) is 6.88. The monoisotopic (exact) mass is 406 g/mol. The van der Waals surface area contributed by atoms with Gasteiger partial charge in [-0.15, -0.1) is 11.8 Å². The van der Waals surface area contributed by atoms with Gasteiger partial charge in [0.2, 0.25) is 11.8 Å². The van der Waals surface area contributed by atoms with E-state index in [9.17, 15) is 9.59 Å². The van der Waals surface area contributed by atoms with Crippen LogP contribution in [0.15, 0.2) is 24.3 Å². The van der Waals surface area contributed by atoms with Crippen LogP contribution in [0.25, 0.3) is 0 Å². The Bertz CT molecular complexity index is 687. The molecule has 0 saturated carbocycles. The smallest absolute Gasteiger partial charge is 0.245 e. The topological polar surface area (TPSA) is 54.3 Å². The van der Waals surface area contributed by atoms with E-state index in [1.54, 1.807) is 18.9 Å². The van der Waals surface area contributed by atoms with Crippen molar-refractivity contribution >= 4 is 23.6 Å². The standard InChI is InChI=1S/C21H31N3O3S/c1-15(2)13-18(20(26)23-11-9-22(3)10-12-23)24-19(25)14-28-21(24)16-5-7-17(27-4)8-6-16/h5-8,15,18,21H,9-14H2,1-4H3/p+1/t18-,21+/m1/s1. The molecule has 1 aromatic carbocycles. The van der Waals surface area contributed by atoms with Crippen LogP contribution < -0.4 is 9.64 Å². The molecule has 0 spiro atoms. The van der Waals surface area contributed by atoms with Gasteiger partial charge in [0.25, 0.3) is 0 Å². The van der Waals surface area contributed by atoms with E-state index < -0.39 is 6.04 Å². The summed E-state index contributed by atoms with van der Waals surface area (Å²) < 4.78 is 5.26. The second-order valence-corrected chi connectivity index (χ2v) is 9.23. The highest BCUT2D eigenvalue weighted by Crippen LogP contribution is 2.41. The number of hydrogen-bond donors (Lipinski definition) is 1. The maximum atomic E-state index is 13.4. The maximum absolute atomic E-state index is 13.4. The number of rotatable bonds is 6. The second kappa shape index (κ2) is 9.18. The number of ether oxygens (including phenoxy) is 1. The minimum absolute atomic E-state index is 0.0598. The average Bonchev–Trinajstić information content (AvgIpc) is 3.07. The first-order chi connectivity index (χ1) is 13.4. The van der Waals surface area contributed by atoms with Crippen molar-refractivity contribution in [3.8, 4) is 5.75 Å². The van der Waals surface area contributed by atoms with Gasteiger partial charge >= 0.3 is 0 Å². The lowest BCUT2D eigenvalue weighted by molar-refractivity contribution is -0.883. The number of amides is 2. The predicted octanol–water partition coefficient (Wildman–Crippen LogP) is 1.04. The van der Waals surface area contributed by atoms with Crippen molar-refractivity contribution in [3.63, 3.8) is 0 Å². The summed E-state index contributed by atoms with van der Waals surface area (Å²) in [6, 6.07) is 7.43. The van der Waals surface area contributed by atoms with Gasteiger partial charge in [-0.3, -0.25) is 9.59 Å². The highest BCUT2D eigenvalue weighted by atomic mass is 32.2. The second-order valence-electron chi connectivity index (χ2n) is 8.17.